The number of aliphatic carboxylic acids is 7. The molecule has 12 aliphatic heterocycles. The number of carboxylic acids is 7. The van der Waals surface area contributed by atoms with E-state index in [0.29, 0.717) is 88.0 Å². The molecule has 0 aliphatic carbocycles. The molecule has 12 aliphatic rings. The number of unbranched alkanes of at least 4 members (excludes halogenated alkanes) is 9. The molecule has 12 saturated heterocycles. The average molecular weight is 2150 g/mol. The Kier molecular flexibility index (Phi) is 58.3. The number of halogens is 1. The number of terminal acetylenes is 1. The first-order valence-corrected chi connectivity index (χ1v) is 53.3. The van der Waals surface area contributed by atoms with Crippen LogP contribution in [-0.4, -0.2) is 415 Å². The molecule has 0 bridgehead atoms. The van der Waals surface area contributed by atoms with Gasteiger partial charge in [-0.25, -0.2) is 38.3 Å². The lowest BCUT2D eigenvalue weighted by Crippen LogP contribution is -2.53. The minimum absolute atomic E-state index is 0. The van der Waals surface area contributed by atoms with Gasteiger partial charge in [0.05, 0.1) is 86.6 Å². The summed E-state index contributed by atoms with van der Waals surface area (Å²) in [5, 5.41) is 107. The Morgan fingerprint density at radius 1 is 0.436 bits per heavy atom. The van der Waals surface area contributed by atoms with Gasteiger partial charge in [0.1, 0.15) is 26.5 Å². The van der Waals surface area contributed by atoms with E-state index in [2.05, 4.69) is 93.3 Å². The molecular weight excluding hydrogens is 2010 g/mol. The maximum absolute atomic E-state index is 12.6. The molecule has 45 nitrogen and oxygen atoms in total. The maximum atomic E-state index is 12.6. The summed E-state index contributed by atoms with van der Waals surface area (Å²) in [5.41, 5.74) is 1.35. The van der Waals surface area contributed by atoms with Gasteiger partial charge in [-0.05, 0) is 88.3 Å². The number of hydroxylamine groups is 2. The van der Waals surface area contributed by atoms with Gasteiger partial charge in [0.15, 0.2) is 0 Å². The molecule has 12 fully saturated rings. The van der Waals surface area contributed by atoms with Gasteiger partial charge in [-0.2, -0.15) is 58.8 Å². The van der Waals surface area contributed by atoms with Crippen LogP contribution in [0.2, 0.25) is 0 Å². The van der Waals surface area contributed by atoms with Crippen LogP contribution >= 0.6 is 74.7 Å². The highest BCUT2D eigenvalue weighted by molar-refractivity contribution is 9.09. The van der Waals surface area contributed by atoms with Crippen LogP contribution < -0.4 is 58.5 Å². The molecule has 3 radical (unpaired) electrons. The lowest BCUT2D eigenvalue weighted by molar-refractivity contribution is -0.200. The molecule has 783 valence electrons. The molecule has 16 atom stereocenters. The van der Waals surface area contributed by atoms with Crippen molar-refractivity contribution in [1.82, 2.24) is 77.8 Å². The third-order valence-electron chi connectivity index (χ3n) is 24.1. The zero-order valence-corrected chi connectivity index (χ0v) is 84.7. The number of imide groups is 1. The van der Waals surface area contributed by atoms with E-state index in [-0.39, 0.29) is 203 Å². The van der Waals surface area contributed by atoms with Crippen LogP contribution in [0.5, 0.6) is 0 Å². The second-order valence-electron chi connectivity index (χ2n) is 34.4. The number of rotatable bonds is 47. The van der Waals surface area contributed by atoms with Gasteiger partial charge < -0.3 is 118 Å². The quantitative estimate of drug-likeness (QED) is 0.0111. The zero-order valence-electron chi connectivity index (χ0n) is 79.2. The number of thioether (sulfide) groups is 5. The van der Waals surface area contributed by atoms with Crippen molar-refractivity contribution in [3.05, 3.63) is 29.8 Å². The topological polar surface area (TPSA) is 644 Å². The Labute approximate surface area is 852 Å². The number of carboxylic acid groups (broad SMARTS) is 7. The van der Waals surface area contributed by atoms with Gasteiger partial charge in [0.2, 0.25) is 5.91 Å². The molecule has 140 heavy (non-hydrogen) atoms. The molecule has 0 aromatic heterocycles. The summed E-state index contributed by atoms with van der Waals surface area (Å²) in [6.45, 7) is 1.18. The molecule has 20 N–H and O–H groups in total. The third kappa shape index (κ3) is 46.0. The SMILES string of the molecule is N=S.O=C(O)CBr.O=C(O)CCCCC1SCC2NC(=O)NC21.O=C(O)CN1CCN(CC(=O)O)CCN(CC(=O)O)C(Cc2ccc(NC(=O)COCCCCCC3SCC4NC(=O)NC43)cc2)CN(CC(=O)O)CC1.O=C(O)COCCCCCC1SCC2NC(=O)NC21.O=C1NC2CSC(CCCCCO)C2N1.O=C1NC2CSC(CCCCCOCC(=O)ON3C(=O)CCC3=O)C2N1.[2H]C#C.[B]. The smallest absolute Gasteiger partial charge is 0.358 e. The fourth-order valence-electron chi connectivity index (χ4n) is 17.5. The highest BCUT2D eigenvalue weighted by atomic mass is 79.9. The summed E-state index contributed by atoms with van der Waals surface area (Å²) >= 11 is 15.6. The normalized spacial score (nSPS) is 25.6. The number of hydrogen-bond acceptors (Lipinski definition) is 32. The van der Waals surface area contributed by atoms with Crippen LogP contribution in [0, 0.1) is 17.6 Å². The van der Waals surface area contributed by atoms with Crippen molar-refractivity contribution in [2.24, 2.45) is 0 Å². The number of hydrogen-bond donors (Lipinski definition) is 20. The Balaban J connectivity index is 0.000000333. The molecule has 1 aromatic rings. The number of urea groups is 5. The molecule has 0 saturated carbocycles. The first-order chi connectivity index (χ1) is 67.2. The Bertz CT molecular complexity index is 4180. The lowest BCUT2D eigenvalue weighted by atomic mass is 10.0. The number of benzene rings is 1. The van der Waals surface area contributed by atoms with Crippen molar-refractivity contribution in [1.29, 1.82) is 4.78 Å². The number of ether oxygens (including phenoxy) is 3. The van der Waals surface area contributed by atoms with Crippen LogP contribution in [-0.2, 0) is 90.6 Å². The summed E-state index contributed by atoms with van der Waals surface area (Å²) < 4.78 is 26.9. The summed E-state index contributed by atoms with van der Waals surface area (Å²) in [7, 11) is 0. The number of nitrogens with zero attached hydrogens (tertiary/aromatic N) is 5. The molecule has 53 heteroatoms. The molecule has 12 heterocycles. The fraction of sp³-hybridized carbons (Fsp3) is 0.724. The second kappa shape index (κ2) is 67.9. The first-order valence-electron chi connectivity index (χ1n) is 47.0. The number of aliphatic hydroxyl groups is 1. The number of carbonyl (C=O) groups is 16. The first kappa shape index (κ1) is 120. The van der Waals surface area contributed by atoms with Gasteiger partial charge in [-0.1, -0.05) is 85.9 Å². The van der Waals surface area contributed by atoms with Crippen LogP contribution in [0.15, 0.2) is 24.3 Å². The zero-order chi connectivity index (χ0) is 102. The van der Waals surface area contributed by atoms with Crippen LogP contribution in [0.3, 0.4) is 0 Å². The number of carbonyl (C=O) groups excluding carboxylic acids is 9. The van der Waals surface area contributed by atoms with E-state index in [0.717, 1.165) is 156 Å². The second-order valence-corrected chi connectivity index (χ2v) is 41.4. The van der Waals surface area contributed by atoms with Crippen molar-refractivity contribution in [2.45, 2.75) is 240 Å². The van der Waals surface area contributed by atoms with Gasteiger partial charge >= 0.3 is 77.9 Å². The van der Waals surface area contributed by atoms with E-state index in [1.54, 1.807) is 43.9 Å². The summed E-state index contributed by atoms with van der Waals surface area (Å²) in [5.74, 6) is -3.93. The van der Waals surface area contributed by atoms with Gasteiger partial charge in [-0.3, -0.25) is 62.8 Å². The number of alkyl halides is 1. The average Bonchev–Trinajstić information content (AvgIpc) is 1.68. The molecule has 1 aromatic carbocycles. The Hall–Kier alpha value is -8.51. The van der Waals surface area contributed by atoms with Crippen molar-refractivity contribution < 1.29 is 138 Å². The standard InChI is InChI=1S/C35H53N7O11S.C16H23N3O6S.C12H20N2O4S.C10H16N2O3S.C10H18N2O2S.C2H3BrO2.C2H2.B.HNS/c43-29(22-53-15-3-1-2-4-28-34-27(23-54-28)37-35(52)38-34)36-25-7-5-24(6-8-25)16-26-17-41(20-32(48)49)12-11-39(18-30(44)45)9-10-40(19-31(46)47)13-14-42(26)21-33(50)51;20-12-5-6-13(21)19(12)25-14(22)8-24-7-3-1-2-4-11-15-10(9-26-11)17-16(23)18-15;15-10(16)6-18-5-3-1-2-4-9-11-8(7-19-9)13-12(17)14-11;13-8(14)4-2-1-3-7-9-6(5-16-7)11-10(15)12-9;13-5-3-1-2-4-8-9-7(6-15-8)11-10(14)12-9;3-1-2(4)5;1-2;;1-2/h5-8,26-28,34H,1-4,9-23H2,(H,36,43)(H,44,45)(H,46,47)(H,48,49)(H,50,51)(H2,37,38,52);10-11,15H,1-9H2,(H2,17,18,23);8-9,11H,1-7H2,(H,15,16)(H2,13,14,17);6-7,9H,1-5H2,(H,13,14)(H2,11,12,15);7-9,13H,1-6H2,(H2,11,12,14);1H2,(H,4,5);1-2H;;1H/i;;;;;;1D;;. The molecule has 16 unspecified atom stereocenters. The number of nitrogens with one attached hydrogen (secondary N) is 12. The van der Waals surface area contributed by atoms with E-state index in [1.807, 2.05) is 58.8 Å². The van der Waals surface area contributed by atoms with Gasteiger partial charge in [0, 0.05) is 179 Å². The Morgan fingerprint density at radius 3 is 1.11 bits per heavy atom. The van der Waals surface area contributed by atoms with E-state index >= 15 is 0 Å². The largest absolute Gasteiger partial charge is 0.481 e. The summed E-state index contributed by atoms with van der Waals surface area (Å²) in [6.07, 6.45) is 25.2. The van der Waals surface area contributed by atoms with Crippen LogP contribution in [0.1, 0.15) is 148 Å². The van der Waals surface area contributed by atoms with Crippen molar-refractivity contribution in [3.63, 3.8) is 0 Å². The highest BCUT2D eigenvalue weighted by Crippen LogP contribution is 2.38. The highest BCUT2D eigenvalue weighted by Gasteiger charge is 2.47. The fourth-order valence-corrected chi connectivity index (χ4v) is 25.2. The molecular formula is C87H136BBrN17O28S6. The van der Waals surface area contributed by atoms with Gasteiger partial charge in [0.25, 0.3) is 11.8 Å². The summed E-state index contributed by atoms with van der Waals surface area (Å²) in [6, 6.07) is 8.93. The summed E-state index contributed by atoms with van der Waals surface area (Å²) in [4.78, 5) is 191. The number of fused-ring (bicyclic) bond motifs is 5. The van der Waals surface area contributed by atoms with E-state index in [1.165, 1.54) is 6.40 Å². The number of anilines is 1. The van der Waals surface area contributed by atoms with E-state index in [4.69, 9.17) is 45.6 Å². The predicted molar refractivity (Wildman–Crippen MR) is 533 cm³/mol. The molecule has 0 spiro atoms. The molecule has 13 amide bonds. The van der Waals surface area contributed by atoms with Crippen molar-refractivity contribution >= 4 is 197 Å². The molecule has 13 rings (SSSR count). The van der Waals surface area contributed by atoms with Crippen molar-refractivity contribution in [3.8, 4) is 12.8 Å². The van der Waals surface area contributed by atoms with Crippen molar-refractivity contribution in [2.75, 3.05) is 158 Å². The van der Waals surface area contributed by atoms with Crippen LogP contribution in [0.4, 0.5) is 29.7 Å². The van der Waals surface area contributed by atoms with Crippen LogP contribution in [0.25, 0.3) is 0 Å². The number of aliphatic hydroxyl groups excluding tert-OH is 1. The Morgan fingerprint density at radius 2 is 0.764 bits per heavy atom. The lowest BCUT2D eigenvalue weighted by Gasteiger charge is -2.37. The number of amides is 13. The van der Waals surface area contributed by atoms with Gasteiger partial charge in [-0.15, -0.1) is 17.9 Å². The third-order valence-corrected chi connectivity index (χ3v) is 32.1. The predicted octanol–water partition coefficient (Wildman–Crippen LogP) is 3.12. The minimum atomic E-state index is -1.09. The minimum Gasteiger partial charge on any atom is -0.481 e. The van der Waals surface area contributed by atoms with E-state index < -0.39 is 65.6 Å². The maximum Gasteiger partial charge on any atom is 0.358 e. The monoisotopic (exact) mass is 2150 g/mol. The van der Waals surface area contributed by atoms with E-state index in [9.17, 15) is 97.1 Å².